The van der Waals surface area contributed by atoms with Crippen LogP contribution >= 0.6 is 0 Å². The maximum absolute atomic E-state index is 12.9. The predicted octanol–water partition coefficient (Wildman–Crippen LogP) is 21.5. The van der Waals surface area contributed by atoms with Crippen LogP contribution < -0.4 is 0 Å². The molecule has 0 aromatic rings. The second kappa shape index (κ2) is 63.8. The van der Waals surface area contributed by atoms with Gasteiger partial charge in [-0.3, -0.25) is 14.4 Å². The summed E-state index contributed by atoms with van der Waals surface area (Å²) in [5.41, 5.74) is 0. The Hall–Kier alpha value is -4.71. The highest BCUT2D eigenvalue weighted by Crippen LogP contribution is 2.15. The van der Waals surface area contributed by atoms with Gasteiger partial charge in [-0.15, -0.1) is 0 Å². The van der Waals surface area contributed by atoms with Gasteiger partial charge in [-0.1, -0.05) is 269 Å². The van der Waals surface area contributed by atoms with E-state index in [2.05, 4.69) is 167 Å². The lowest BCUT2D eigenvalue weighted by molar-refractivity contribution is -0.167. The predicted molar refractivity (Wildman–Crippen MR) is 334 cm³/mol. The molecule has 0 aromatic heterocycles. The van der Waals surface area contributed by atoms with E-state index in [0.29, 0.717) is 12.8 Å². The van der Waals surface area contributed by atoms with E-state index < -0.39 is 6.10 Å². The monoisotopic (exact) mass is 1060 g/mol. The fourth-order valence-corrected chi connectivity index (χ4v) is 8.21. The maximum atomic E-state index is 12.9. The highest BCUT2D eigenvalue weighted by atomic mass is 16.6. The standard InChI is InChI=1S/C71H114O6/c1-4-7-10-13-16-19-22-25-27-29-31-33-35-37-39-41-43-46-49-52-55-58-61-64-70(73)76-67-68(66-75-69(72)63-60-57-54-51-48-45-24-21-18-15-12-9-6-3)77-71(74)65-62-59-56-53-50-47-44-42-40-38-36-34-32-30-28-26-23-20-17-14-11-8-5-2/h7-8,10-11,16-17,19-20,25-28,31-34,37-40,43-44,46-47,68H,4-6,9,12-15,18,21-24,29-30,35-36,41-42,45,48-67H2,1-3H3/b10-7-,11-8-,19-16-,20-17-,27-25-,28-26-,33-31-,34-32-,39-37-,40-38-,46-43-,47-44-. The lowest BCUT2D eigenvalue weighted by atomic mass is 10.0. The topological polar surface area (TPSA) is 78.9 Å². The number of hydrogen-bond donors (Lipinski definition) is 0. The minimum Gasteiger partial charge on any atom is -0.462 e. The van der Waals surface area contributed by atoms with Crippen molar-refractivity contribution in [2.75, 3.05) is 13.2 Å². The Kier molecular flexibility index (Phi) is 59.9. The van der Waals surface area contributed by atoms with E-state index >= 15 is 0 Å². The first-order valence-corrected chi connectivity index (χ1v) is 31.3. The first-order valence-electron chi connectivity index (χ1n) is 31.3. The lowest BCUT2D eigenvalue weighted by Gasteiger charge is -2.18. The fourth-order valence-electron chi connectivity index (χ4n) is 8.21. The quantitative estimate of drug-likeness (QED) is 0.0261. The molecular formula is C71H114O6. The fraction of sp³-hybridized carbons (Fsp3) is 0.620. The Labute approximate surface area is 474 Å². The van der Waals surface area contributed by atoms with Crippen LogP contribution in [0.2, 0.25) is 0 Å². The maximum Gasteiger partial charge on any atom is 0.306 e. The second-order valence-corrected chi connectivity index (χ2v) is 20.2. The Morgan fingerprint density at radius 1 is 0.273 bits per heavy atom. The molecule has 1 unspecified atom stereocenters. The number of carbonyl (C=O) groups is 3. The second-order valence-electron chi connectivity index (χ2n) is 20.2. The molecule has 0 saturated heterocycles. The highest BCUT2D eigenvalue weighted by Gasteiger charge is 2.19. The van der Waals surface area contributed by atoms with Crippen molar-refractivity contribution >= 4 is 17.9 Å². The molecule has 6 heteroatoms. The first kappa shape index (κ1) is 72.3. The Morgan fingerprint density at radius 2 is 0.506 bits per heavy atom. The normalized spacial score (nSPS) is 13.1. The molecule has 0 aliphatic heterocycles. The number of rotatable bonds is 55. The third-order valence-corrected chi connectivity index (χ3v) is 12.8. The van der Waals surface area contributed by atoms with Crippen LogP contribution in [0.4, 0.5) is 0 Å². The number of ether oxygens (including phenoxy) is 3. The average Bonchev–Trinajstić information content (AvgIpc) is 3.43. The van der Waals surface area contributed by atoms with Crippen molar-refractivity contribution in [3.63, 3.8) is 0 Å². The lowest BCUT2D eigenvalue weighted by Crippen LogP contribution is -2.30. The van der Waals surface area contributed by atoms with E-state index in [0.717, 1.165) is 161 Å². The summed E-state index contributed by atoms with van der Waals surface area (Å²) in [5, 5.41) is 0. The van der Waals surface area contributed by atoms with E-state index in [1.807, 2.05) is 0 Å². The van der Waals surface area contributed by atoms with E-state index in [1.165, 1.54) is 64.2 Å². The van der Waals surface area contributed by atoms with Gasteiger partial charge in [0.2, 0.25) is 0 Å². The van der Waals surface area contributed by atoms with Crippen molar-refractivity contribution in [3.05, 3.63) is 146 Å². The molecule has 77 heavy (non-hydrogen) atoms. The first-order chi connectivity index (χ1) is 38.0. The summed E-state index contributed by atoms with van der Waals surface area (Å²) in [6.45, 7) is 6.37. The van der Waals surface area contributed by atoms with Gasteiger partial charge in [-0.05, 0) is 122 Å². The van der Waals surface area contributed by atoms with Crippen molar-refractivity contribution < 1.29 is 28.6 Å². The number of allylic oxidation sites excluding steroid dienone is 24. The SMILES string of the molecule is CC/C=C\C/C=C\C/C=C\C/C=C\C/C=C\C/C=C\CCCCCCC(=O)OCC(COC(=O)CCCCCCCCCCCCCCC)OC(=O)CCCCCC/C=C\C/C=C\C/C=C\C/C=C\C/C=C\C/C=C\CC. The summed E-state index contributed by atoms with van der Waals surface area (Å²) in [7, 11) is 0. The average molecular weight is 1060 g/mol. The van der Waals surface area contributed by atoms with Crippen LogP contribution in [0.25, 0.3) is 0 Å². The molecule has 0 aromatic carbocycles. The largest absolute Gasteiger partial charge is 0.462 e. The minimum atomic E-state index is -0.809. The molecule has 0 bridgehead atoms. The van der Waals surface area contributed by atoms with Gasteiger partial charge < -0.3 is 14.2 Å². The number of carbonyl (C=O) groups excluding carboxylic acids is 3. The van der Waals surface area contributed by atoms with Gasteiger partial charge in [0.1, 0.15) is 13.2 Å². The van der Waals surface area contributed by atoms with Crippen molar-refractivity contribution in [3.8, 4) is 0 Å². The van der Waals surface area contributed by atoms with Gasteiger partial charge in [-0.2, -0.15) is 0 Å². The summed E-state index contributed by atoms with van der Waals surface area (Å²) in [5.74, 6) is -0.952. The molecule has 0 radical (unpaired) electrons. The summed E-state index contributed by atoms with van der Waals surface area (Å²) < 4.78 is 16.9. The van der Waals surface area contributed by atoms with E-state index in [-0.39, 0.29) is 37.5 Å². The number of unbranched alkanes of at least 4 members (excludes halogenated alkanes) is 20. The van der Waals surface area contributed by atoms with E-state index in [9.17, 15) is 14.4 Å². The van der Waals surface area contributed by atoms with Gasteiger partial charge in [0.15, 0.2) is 6.10 Å². The molecule has 0 rings (SSSR count). The van der Waals surface area contributed by atoms with Crippen molar-refractivity contribution in [1.29, 1.82) is 0 Å². The van der Waals surface area contributed by atoms with Gasteiger partial charge in [0.25, 0.3) is 0 Å². The molecule has 0 saturated carbocycles. The van der Waals surface area contributed by atoms with Crippen LogP contribution in [0.1, 0.15) is 265 Å². The minimum absolute atomic E-state index is 0.100. The summed E-state index contributed by atoms with van der Waals surface area (Å²) >= 11 is 0. The molecular weight excluding hydrogens is 949 g/mol. The van der Waals surface area contributed by atoms with Crippen molar-refractivity contribution in [2.45, 2.75) is 271 Å². The highest BCUT2D eigenvalue weighted by molar-refractivity contribution is 5.71. The summed E-state index contributed by atoms with van der Waals surface area (Å²) in [4.78, 5) is 38.3. The third-order valence-electron chi connectivity index (χ3n) is 12.8. The molecule has 0 aliphatic rings. The zero-order valence-electron chi connectivity index (χ0n) is 49.7. The Morgan fingerprint density at radius 3 is 0.792 bits per heavy atom. The number of hydrogen-bond acceptors (Lipinski definition) is 6. The molecule has 0 spiro atoms. The third kappa shape index (κ3) is 62.0. The van der Waals surface area contributed by atoms with E-state index in [1.54, 1.807) is 0 Å². The Balaban J connectivity index is 4.49. The van der Waals surface area contributed by atoms with Crippen molar-refractivity contribution in [2.24, 2.45) is 0 Å². The van der Waals surface area contributed by atoms with Crippen LogP contribution in [0.3, 0.4) is 0 Å². The molecule has 434 valence electrons. The van der Waals surface area contributed by atoms with Crippen LogP contribution in [0.5, 0.6) is 0 Å². The van der Waals surface area contributed by atoms with Gasteiger partial charge >= 0.3 is 17.9 Å². The molecule has 0 N–H and O–H groups in total. The molecule has 0 heterocycles. The molecule has 0 aliphatic carbocycles. The smallest absolute Gasteiger partial charge is 0.306 e. The van der Waals surface area contributed by atoms with Crippen LogP contribution in [-0.4, -0.2) is 37.2 Å². The van der Waals surface area contributed by atoms with Gasteiger partial charge in [0, 0.05) is 19.3 Å². The van der Waals surface area contributed by atoms with Crippen LogP contribution in [0.15, 0.2) is 146 Å². The molecule has 0 amide bonds. The van der Waals surface area contributed by atoms with Gasteiger partial charge in [0.05, 0.1) is 0 Å². The van der Waals surface area contributed by atoms with E-state index in [4.69, 9.17) is 14.2 Å². The zero-order chi connectivity index (χ0) is 55.7. The zero-order valence-corrected chi connectivity index (χ0v) is 49.7. The summed E-state index contributed by atoms with van der Waals surface area (Å²) in [6, 6.07) is 0. The van der Waals surface area contributed by atoms with Gasteiger partial charge in [-0.25, -0.2) is 0 Å². The Bertz CT molecular complexity index is 1700. The molecule has 0 fully saturated rings. The van der Waals surface area contributed by atoms with Crippen LogP contribution in [0, 0.1) is 0 Å². The molecule has 1 atom stereocenters. The summed E-state index contributed by atoms with van der Waals surface area (Å²) in [6.07, 6.45) is 91.2. The molecule has 6 nitrogen and oxygen atoms in total. The number of esters is 3. The van der Waals surface area contributed by atoms with Crippen LogP contribution in [-0.2, 0) is 28.6 Å². The van der Waals surface area contributed by atoms with Crippen molar-refractivity contribution in [1.82, 2.24) is 0 Å².